The molecule has 4 nitrogen and oxygen atoms in total. The summed E-state index contributed by atoms with van der Waals surface area (Å²) in [6.45, 7) is 8.34. The third-order valence-electron chi connectivity index (χ3n) is 4.32. The molecule has 4 N–H and O–H groups in total. The molecule has 0 amide bonds. The van der Waals surface area contributed by atoms with Crippen molar-refractivity contribution in [2.24, 2.45) is 16.1 Å². The normalized spacial score (nSPS) is 17.0. The van der Waals surface area contributed by atoms with Crippen LogP contribution in [0.2, 0.25) is 0 Å². The predicted octanol–water partition coefficient (Wildman–Crippen LogP) is 3.42. The molecule has 22 heavy (non-hydrogen) atoms. The number of guanidine groups is 1. The third kappa shape index (κ3) is 10.0. The largest absolute Gasteiger partial charge is 0.356 e. The lowest BCUT2D eigenvalue weighted by molar-refractivity contribution is 0.358. The lowest BCUT2D eigenvalue weighted by atomic mass is 9.93. The Morgan fingerprint density at radius 1 is 0.955 bits per heavy atom. The van der Waals surface area contributed by atoms with E-state index in [2.05, 4.69) is 29.5 Å². The van der Waals surface area contributed by atoms with Crippen LogP contribution in [0.5, 0.6) is 0 Å². The third-order valence-corrected chi connectivity index (χ3v) is 4.32. The van der Waals surface area contributed by atoms with E-state index < -0.39 is 0 Å². The van der Waals surface area contributed by atoms with E-state index in [9.17, 15) is 0 Å². The molecule has 1 heterocycles. The molecule has 130 valence electrons. The van der Waals surface area contributed by atoms with Gasteiger partial charge in [-0.1, -0.05) is 65.2 Å². The van der Waals surface area contributed by atoms with Crippen LogP contribution in [0, 0.1) is 5.41 Å². The fourth-order valence-electron chi connectivity index (χ4n) is 2.74. The fraction of sp³-hybridized carbons (Fsp3) is 0.944. The molecule has 0 aliphatic carbocycles. The van der Waals surface area contributed by atoms with Crippen molar-refractivity contribution >= 4 is 5.96 Å². The highest BCUT2D eigenvalue weighted by Crippen LogP contribution is 2.16. The summed E-state index contributed by atoms with van der Waals surface area (Å²) in [5.41, 5.74) is 5.79. The molecule has 0 aromatic carbocycles. The van der Waals surface area contributed by atoms with Gasteiger partial charge in [0.05, 0.1) is 0 Å². The zero-order valence-corrected chi connectivity index (χ0v) is 14.9. The Hall–Kier alpha value is -0.770. The van der Waals surface area contributed by atoms with Gasteiger partial charge in [-0.15, -0.1) is 0 Å². The van der Waals surface area contributed by atoms with Crippen molar-refractivity contribution in [3.05, 3.63) is 0 Å². The molecule has 0 saturated heterocycles. The summed E-state index contributed by atoms with van der Waals surface area (Å²) < 4.78 is 0. The summed E-state index contributed by atoms with van der Waals surface area (Å²) in [6, 6.07) is 0. The van der Waals surface area contributed by atoms with E-state index in [-0.39, 0.29) is 0 Å². The lowest BCUT2D eigenvalue weighted by Crippen LogP contribution is -2.47. The van der Waals surface area contributed by atoms with Crippen LogP contribution in [-0.4, -0.2) is 32.1 Å². The molecule has 4 heteroatoms. The highest BCUT2D eigenvalue weighted by atomic mass is 15.2. The average Bonchev–Trinajstić information content (AvgIpc) is 2.50. The summed E-state index contributed by atoms with van der Waals surface area (Å²) in [4.78, 5) is 4.56. The van der Waals surface area contributed by atoms with Crippen LogP contribution in [0.4, 0.5) is 0 Å². The molecule has 1 rings (SSSR count). The van der Waals surface area contributed by atoms with E-state index in [0.29, 0.717) is 5.41 Å². The first kappa shape index (κ1) is 19.3. The number of nitrogens with two attached hydrogens (primary N) is 1. The Bertz CT molecular complexity index is 299. The number of aliphatic imine (C=N–C) groups is 1. The first-order valence-electron chi connectivity index (χ1n) is 9.36. The minimum absolute atomic E-state index is 0.301. The highest BCUT2D eigenvalue weighted by molar-refractivity contribution is 5.80. The van der Waals surface area contributed by atoms with Crippen molar-refractivity contribution in [1.29, 1.82) is 0 Å². The maximum Gasteiger partial charge on any atom is 0.191 e. The van der Waals surface area contributed by atoms with Gasteiger partial charge in [0.15, 0.2) is 5.96 Å². The maximum absolute atomic E-state index is 5.49. The zero-order chi connectivity index (χ0) is 16.1. The molecule has 1 aliphatic rings. The topological polar surface area (TPSA) is 62.4 Å². The van der Waals surface area contributed by atoms with E-state index in [4.69, 9.17) is 5.73 Å². The Morgan fingerprint density at radius 3 is 2.00 bits per heavy atom. The summed E-state index contributed by atoms with van der Waals surface area (Å²) >= 11 is 0. The minimum Gasteiger partial charge on any atom is -0.356 e. The second-order valence-electron chi connectivity index (χ2n) is 7.43. The first-order chi connectivity index (χ1) is 10.6. The summed E-state index contributed by atoms with van der Waals surface area (Å²) in [6.07, 6.45) is 13.4. The SMILES string of the molecule is CC1(C)CN=C(NCCCCCCCCCCCCN)NC1. The molecule has 0 aromatic rings. The first-order valence-corrected chi connectivity index (χ1v) is 9.36. The van der Waals surface area contributed by atoms with Gasteiger partial charge in [-0.3, -0.25) is 4.99 Å². The Kier molecular flexibility index (Phi) is 10.3. The van der Waals surface area contributed by atoms with Gasteiger partial charge >= 0.3 is 0 Å². The maximum atomic E-state index is 5.49. The molecular formula is C18H38N4. The van der Waals surface area contributed by atoms with Crippen LogP contribution < -0.4 is 16.4 Å². The van der Waals surface area contributed by atoms with Gasteiger partial charge in [0, 0.05) is 25.0 Å². The summed E-state index contributed by atoms with van der Waals surface area (Å²) in [5.74, 6) is 0.997. The van der Waals surface area contributed by atoms with Crippen molar-refractivity contribution in [2.75, 3.05) is 26.2 Å². The monoisotopic (exact) mass is 310 g/mol. The number of nitrogens with one attached hydrogen (secondary N) is 2. The Morgan fingerprint density at radius 2 is 1.50 bits per heavy atom. The van der Waals surface area contributed by atoms with Crippen LogP contribution in [0.25, 0.3) is 0 Å². The standard InChI is InChI=1S/C18H38N4/c1-18(2)15-21-17(22-16-18)20-14-12-10-8-6-4-3-5-7-9-11-13-19/h3-16,19H2,1-2H3,(H2,20,21,22). The average molecular weight is 311 g/mol. The van der Waals surface area contributed by atoms with Gasteiger partial charge in [-0.2, -0.15) is 0 Å². The number of nitrogens with zero attached hydrogens (tertiary/aromatic N) is 1. The van der Waals surface area contributed by atoms with Crippen LogP contribution in [0.1, 0.15) is 78.1 Å². The molecule has 0 radical (unpaired) electrons. The van der Waals surface area contributed by atoms with Gasteiger partial charge < -0.3 is 16.4 Å². The van der Waals surface area contributed by atoms with Crippen molar-refractivity contribution in [1.82, 2.24) is 10.6 Å². The number of hydrogen-bond donors (Lipinski definition) is 3. The number of rotatable bonds is 12. The van der Waals surface area contributed by atoms with Crippen molar-refractivity contribution < 1.29 is 0 Å². The van der Waals surface area contributed by atoms with E-state index in [1.54, 1.807) is 0 Å². The molecule has 1 aliphatic heterocycles. The second kappa shape index (κ2) is 11.8. The molecule has 0 atom stereocenters. The molecular weight excluding hydrogens is 272 g/mol. The van der Waals surface area contributed by atoms with Gasteiger partial charge in [0.1, 0.15) is 0 Å². The molecule has 0 unspecified atom stereocenters. The van der Waals surface area contributed by atoms with Crippen molar-refractivity contribution in [3.63, 3.8) is 0 Å². The molecule has 0 bridgehead atoms. The summed E-state index contributed by atoms with van der Waals surface area (Å²) in [5, 5.41) is 6.80. The molecule has 0 spiro atoms. The van der Waals surface area contributed by atoms with Crippen LogP contribution in [0.15, 0.2) is 4.99 Å². The van der Waals surface area contributed by atoms with Crippen LogP contribution in [0.3, 0.4) is 0 Å². The molecule has 0 aromatic heterocycles. The fourth-order valence-corrected chi connectivity index (χ4v) is 2.74. The predicted molar refractivity (Wildman–Crippen MR) is 97.3 cm³/mol. The minimum atomic E-state index is 0.301. The lowest BCUT2D eigenvalue weighted by Gasteiger charge is -2.29. The van der Waals surface area contributed by atoms with Crippen molar-refractivity contribution in [3.8, 4) is 0 Å². The van der Waals surface area contributed by atoms with Gasteiger partial charge in [-0.05, 0) is 19.4 Å². The smallest absolute Gasteiger partial charge is 0.191 e. The van der Waals surface area contributed by atoms with E-state index >= 15 is 0 Å². The number of unbranched alkanes of at least 4 members (excludes halogenated alkanes) is 9. The number of hydrogen-bond acceptors (Lipinski definition) is 4. The molecule has 0 saturated carbocycles. The summed E-state index contributed by atoms with van der Waals surface area (Å²) in [7, 11) is 0. The molecule has 0 fully saturated rings. The second-order valence-corrected chi connectivity index (χ2v) is 7.43. The van der Waals surface area contributed by atoms with E-state index in [0.717, 1.165) is 32.1 Å². The van der Waals surface area contributed by atoms with Gasteiger partial charge in [0.2, 0.25) is 0 Å². The van der Waals surface area contributed by atoms with E-state index in [1.165, 1.54) is 64.2 Å². The Labute approximate surface area is 137 Å². The highest BCUT2D eigenvalue weighted by Gasteiger charge is 2.21. The Balaban J connectivity index is 1.81. The quantitative estimate of drug-likeness (QED) is 0.484. The van der Waals surface area contributed by atoms with E-state index in [1.807, 2.05) is 0 Å². The van der Waals surface area contributed by atoms with Gasteiger partial charge in [0.25, 0.3) is 0 Å². The van der Waals surface area contributed by atoms with Crippen LogP contribution in [-0.2, 0) is 0 Å². The van der Waals surface area contributed by atoms with Crippen molar-refractivity contribution in [2.45, 2.75) is 78.1 Å². The zero-order valence-electron chi connectivity index (χ0n) is 14.9. The van der Waals surface area contributed by atoms with Gasteiger partial charge in [-0.25, -0.2) is 0 Å². The van der Waals surface area contributed by atoms with Crippen LogP contribution >= 0.6 is 0 Å².